The van der Waals surface area contributed by atoms with Gasteiger partial charge < -0.3 is 10.5 Å². The van der Waals surface area contributed by atoms with Gasteiger partial charge in [0.25, 0.3) is 10.1 Å². The Balaban J connectivity index is 0. The first kappa shape index (κ1) is 19.4. The minimum absolute atomic E-state index is 0. The SMILES string of the molecule is C=C(C)C(=O)OC(C)C(N)(CC)S(=O)(=O)O.[NaH]. The predicted octanol–water partition coefficient (Wildman–Crippen LogP) is -0.201. The van der Waals surface area contributed by atoms with Crippen LogP contribution in [0.4, 0.5) is 0 Å². The standard InChI is InChI=1S/C9H17NO5S.Na.H/c1-5-9(10,16(12,13)14)7(4)15-8(11)6(2)3;;/h7H,2,5,10H2,1,3-4H3,(H,12,13,14);;. The van der Waals surface area contributed by atoms with Crippen LogP contribution in [0, 0.1) is 0 Å². The molecule has 0 aliphatic rings. The van der Waals surface area contributed by atoms with Gasteiger partial charge in [-0.3, -0.25) is 4.55 Å². The summed E-state index contributed by atoms with van der Waals surface area (Å²) in [5.41, 5.74) is 5.65. The van der Waals surface area contributed by atoms with Crippen molar-refractivity contribution in [2.24, 2.45) is 5.73 Å². The van der Waals surface area contributed by atoms with Crippen LogP contribution in [0.25, 0.3) is 0 Å². The quantitative estimate of drug-likeness (QED) is 0.311. The van der Waals surface area contributed by atoms with Crippen LogP contribution in [0.3, 0.4) is 0 Å². The monoisotopic (exact) mass is 275 g/mol. The summed E-state index contributed by atoms with van der Waals surface area (Å²) in [5.74, 6) is -0.751. The van der Waals surface area contributed by atoms with Crippen LogP contribution in [0.15, 0.2) is 12.2 Å². The average Bonchev–Trinajstić information content (AvgIpc) is 2.14. The molecule has 0 bridgehead atoms. The second kappa shape index (κ2) is 6.86. The first-order valence-electron chi connectivity index (χ1n) is 4.68. The van der Waals surface area contributed by atoms with Crippen LogP contribution in [0.2, 0.25) is 0 Å². The Morgan fingerprint density at radius 2 is 2.00 bits per heavy atom. The fourth-order valence-corrected chi connectivity index (χ4v) is 1.87. The van der Waals surface area contributed by atoms with Crippen molar-refractivity contribution in [3.05, 3.63) is 12.2 Å². The number of carbonyl (C=O) groups is 1. The van der Waals surface area contributed by atoms with E-state index in [9.17, 15) is 13.2 Å². The first-order valence-corrected chi connectivity index (χ1v) is 6.12. The van der Waals surface area contributed by atoms with Crippen molar-refractivity contribution in [3.63, 3.8) is 0 Å². The molecular weight excluding hydrogens is 257 g/mol. The number of carbonyl (C=O) groups excluding carboxylic acids is 1. The third kappa shape index (κ3) is 4.69. The molecule has 0 fully saturated rings. The van der Waals surface area contributed by atoms with Gasteiger partial charge >= 0.3 is 35.5 Å². The summed E-state index contributed by atoms with van der Waals surface area (Å²) in [7, 11) is -4.51. The second-order valence-electron chi connectivity index (χ2n) is 3.61. The van der Waals surface area contributed by atoms with Crippen molar-refractivity contribution >= 4 is 45.6 Å². The molecule has 3 N–H and O–H groups in total. The van der Waals surface area contributed by atoms with Gasteiger partial charge in [0.05, 0.1) is 0 Å². The molecule has 0 aliphatic carbocycles. The molecule has 0 saturated carbocycles. The molecule has 0 aliphatic heterocycles. The fraction of sp³-hybridized carbons (Fsp3) is 0.667. The Kier molecular flexibility index (Phi) is 7.84. The molecule has 17 heavy (non-hydrogen) atoms. The number of hydrogen-bond acceptors (Lipinski definition) is 5. The summed E-state index contributed by atoms with van der Waals surface area (Å²) >= 11 is 0. The molecule has 2 unspecified atom stereocenters. The molecule has 0 rings (SSSR count). The van der Waals surface area contributed by atoms with Gasteiger partial charge in [-0.1, -0.05) is 13.5 Å². The fourth-order valence-electron chi connectivity index (χ4n) is 1.04. The predicted molar refractivity (Wildman–Crippen MR) is 66.3 cm³/mol. The summed E-state index contributed by atoms with van der Waals surface area (Å²) in [4.78, 5) is 9.19. The van der Waals surface area contributed by atoms with Crippen LogP contribution in [-0.2, 0) is 19.6 Å². The molecule has 8 heteroatoms. The van der Waals surface area contributed by atoms with Gasteiger partial charge in [-0.2, -0.15) is 8.42 Å². The Bertz CT molecular complexity index is 394. The van der Waals surface area contributed by atoms with Crippen molar-refractivity contribution in [1.82, 2.24) is 0 Å². The van der Waals surface area contributed by atoms with E-state index in [4.69, 9.17) is 15.0 Å². The molecular formula is C9H18NNaO5S. The molecule has 0 amide bonds. The second-order valence-corrected chi connectivity index (χ2v) is 5.32. The third-order valence-electron chi connectivity index (χ3n) is 2.35. The van der Waals surface area contributed by atoms with Crippen LogP contribution in [0.5, 0.6) is 0 Å². The molecule has 2 atom stereocenters. The Morgan fingerprint density at radius 3 is 2.24 bits per heavy atom. The maximum atomic E-state index is 11.2. The van der Waals surface area contributed by atoms with E-state index in [2.05, 4.69) is 6.58 Å². The number of ether oxygens (including phenoxy) is 1. The first-order chi connectivity index (χ1) is 7.06. The summed E-state index contributed by atoms with van der Waals surface area (Å²) in [5, 5.41) is 0. The van der Waals surface area contributed by atoms with E-state index in [0.717, 1.165) is 0 Å². The number of esters is 1. The zero-order valence-corrected chi connectivity index (χ0v) is 10.4. The van der Waals surface area contributed by atoms with Crippen LogP contribution in [-0.4, -0.2) is 59.5 Å². The van der Waals surface area contributed by atoms with Crippen molar-refractivity contribution in [1.29, 1.82) is 0 Å². The Hall–Kier alpha value is 0.0800. The average molecular weight is 275 g/mol. The van der Waals surface area contributed by atoms with Crippen LogP contribution in [0.1, 0.15) is 27.2 Å². The normalized spacial score (nSPS) is 16.3. The molecule has 0 aromatic heterocycles. The molecule has 96 valence electrons. The van der Waals surface area contributed by atoms with E-state index in [1.54, 1.807) is 0 Å². The van der Waals surface area contributed by atoms with E-state index in [-0.39, 0.29) is 41.6 Å². The van der Waals surface area contributed by atoms with E-state index < -0.39 is 27.1 Å². The van der Waals surface area contributed by atoms with E-state index in [0.29, 0.717) is 0 Å². The molecule has 0 radical (unpaired) electrons. The van der Waals surface area contributed by atoms with Gasteiger partial charge in [0.2, 0.25) is 0 Å². The third-order valence-corrected chi connectivity index (χ3v) is 3.93. The van der Waals surface area contributed by atoms with Crippen LogP contribution >= 0.6 is 0 Å². The van der Waals surface area contributed by atoms with Crippen molar-refractivity contribution in [2.75, 3.05) is 0 Å². The number of nitrogens with two attached hydrogens (primary N) is 1. The number of rotatable bonds is 5. The zero-order valence-electron chi connectivity index (χ0n) is 9.56. The summed E-state index contributed by atoms with van der Waals surface area (Å²) in [6.07, 6.45) is -1.26. The van der Waals surface area contributed by atoms with E-state index >= 15 is 0 Å². The topological polar surface area (TPSA) is 107 Å². The Labute approximate surface area is 124 Å². The van der Waals surface area contributed by atoms with Crippen molar-refractivity contribution in [3.8, 4) is 0 Å². The number of hydrogen-bond donors (Lipinski definition) is 2. The van der Waals surface area contributed by atoms with Gasteiger partial charge in [0.1, 0.15) is 6.10 Å². The molecule has 0 aromatic carbocycles. The Morgan fingerprint density at radius 1 is 1.59 bits per heavy atom. The van der Waals surface area contributed by atoms with Gasteiger partial charge in [-0.05, 0) is 20.3 Å². The molecule has 0 heterocycles. The van der Waals surface area contributed by atoms with Gasteiger partial charge in [-0.15, -0.1) is 0 Å². The van der Waals surface area contributed by atoms with Gasteiger partial charge in [0.15, 0.2) is 4.87 Å². The summed E-state index contributed by atoms with van der Waals surface area (Å²) < 4.78 is 36.0. The molecule has 6 nitrogen and oxygen atoms in total. The van der Waals surface area contributed by atoms with Crippen LogP contribution < -0.4 is 5.73 Å². The van der Waals surface area contributed by atoms with Crippen molar-refractivity contribution in [2.45, 2.75) is 38.2 Å². The molecule has 0 saturated heterocycles. The van der Waals surface area contributed by atoms with E-state index in [1.807, 2.05) is 0 Å². The molecule has 0 aromatic rings. The van der Waals surface area contributed by atoms with Crippen molar-refractivity contribution < 1.29 is 22.5 Å². The molecule has 0 spiro atoms. The summed E-state index contributed by atoms with van der Waals surface area (Å²) in [6, 6.07) is 0. The van der Waals surface area contributed by atoms with Gasteiger partial charge in [0, 0.05) is 5.57 Å². The minimum atomic E-state index is -4.51. The van der Waals surface area contributed by atoms with E-state index in [1.165, 1.54) is 20.8 Å². The maximum absolute atomic E-state index is 11.2. The zero-order chi connectivity index (χ0) is 13.1. The van der Waals surface area contributed by atoms with Gasteiger partial charge in [-0.25, -0.2) is 4.79 Å². The summed E-state index contributed by atoms with van der Waals surface area (Å²) in [6.45, 7) is 7.55.